The van der Waals surface area contributed by atoms with E-state index in [9.17, 15) is 13.2 Å². The monoisotopic (exact) mass is 611 g/mol. The third-order valence-corrected chi connectivity index (χ3v) is 8.24. The quantitative estimate of drug-likeness (QED) is 0.149. The molecule has 0 aliphatic carbocycles. The average molecular weight is 613 g/mol. The minimum atomic E-state index is -4.11. The lowest BCUT2D eigenvalue weighted by Crippen LogP contribution is -2.39. The molecule has 0 bridgehead atoms. The average Bonchev–Trinajstić information content (AvgIpc) is 2.98. The lowest BCUT2D eigenvalue weighted by atomic mass is 10.2. The van der Waals surface area contributed by atoms with Gasteiger partial charge in [0.25, 0.3) is 15.9 Å². The van der Waals surface area contributed by atoms with Gasteiger partial charge in [-0.25, -0.2) is 13.8 Å². The van der Waals surface area contributed by atoms with E-state index in [0.717, 1.165) is 9.87 Å². The molecular formula is C30H27Cl2N3O5S. The molecule has 212 valence electrons. The Morgan fingerprint density at radius 1 is 0.878 bits per heavy atom. The van der Waals surface area contributed by atoms with Gasteiger partial charge in [0.05, 0.1) is 33.4 Å². The van der Waals surface area contributed by atoms with Gasteiger partial charge in [-0.05, 0) is 66.6 Å². The summed E-state index contributed by atoms with van der Waals surface area (Å²) >= 11 is 12.2. The van der Waals surface area contributed by atoms with Gasteiger partial charge in [-0.1, -0.05) is 71.7 Å². The molecule has 0 fully saturated rings. The molecule has 11 heteroatoms. The van der Waals surface area contributed by atoms with E-state index >= 15 is 0 Å². The predicted octanol–water partition coefficient (Wildman–Crippen LogP) is 6.32. The molecule has 4 aromatic rings. The summed E-state index contributed by atoms with van der Waals surface area (Å²) in [4.78, 5) is 12.9. The minimum Gasteiger partial charge on any atom is -0.490 e. The molecule has 0 aliphatic heterocycles. The Balaban J connectivity index is 1.48. The number of ether oxygens (including phenoxy) is 2. The summed E-state index contributed by atoms with van der Waals surface area (Å²) in [5, 5.41) is 4.41. The van der Waals surface area contributed by atoms with Crippen molar-refractivity contribution in [2.24, 2.45) is 5.10 Å². The highest BCUT2D eigenvalue weighted by Crippen LogP contribution is 2.31. The first-order valence-electron chi connectivity index (χ1n) is 12.6. The minimum absolute atomic E-state index is 0.0143. The number of hydrogen-bond donors (Lipinski definition) is 1. The van der Waals surface area contributed by atoms with E-state index < -0.39 is 22.5 Å². The molecule has 1 N–H and O–H groups in total. The maximum absolute atomic E-state index is 13.4. The smallest absolute Gasteiger partial charge is 0.264 e. The molecule has 0 radical (unpaired) electrons. The third kappa shape index (κ3) is 8.00. The van der Waals surface area contributed by atoms with Crippen LogP contribution in [0.4, 0.5) is 5.69 Å². The van der Waals surface area contributed by atoms with Crippen LogP contribution in [0.15, 0.2) is 107 Å². The number of carbonyl (C=O) groups excluding carboxylic acids is 1. The Bertz CT molecular complexity index is 1620. The van der Waals surface area contributed by atoms with Crippen LogP contribution in [0, 0.1) is 0 Å². The summed E-state index contributed by atoms with van der Waals surface area (Å²) < 4.78 is 39.5. The van der Waals surface area contributed by atoms with Gasteiger partial charge in [0, 0.05) is 0 Å². The highest BCUT2D eigenvalue weighted by Gasteiger charge is 2.27. The van der Waals surface area contributed by atoms with E-state index in [1.54, 1.807) is 36.4 Å². The fourth-order valence-electron chi connectivity index (χ4n) is 3.75. The van der Waals surface area contributed by atoms with Crippen LogP contribution in [-0.2, 0) is 21.4 Å². The number of benzene rings is 4. The molecule has 0 spiro atoms. The van der Waals surface area contributed by atoms with Crippen molar-refractivity contribution in [2.45, 2.75) is 18.4 Å². The Hall–Kier alpha value is -4.05. The van der Waals surface area contributed by atoms with E-state index in [2.05, 4.69) is 10.5 Å². The molecule has 41 heavy (non-hydrogen) atoms. The molecule has 0 saturated carbocycles. The van der Waals surface area contributed by atoms with Crippen molar-refractivity contribution < 1.29 is 22.7 Å². The van der Waals surface area contributed by atoms with E-state index in [1.807, 2.05) is 37.3 Å². The molecule has 8 nitrogen and oxygen atoms in total. The first kappa shape index (κ1) is 29.9. The first-order chi connectivity index (χ1) is 19.8. The normalized spacial score (nSPS) is 11.3. The number of nitrogens with one attached hydrogen (secondary N) is 1. The van der Waals surface area contributed by atoms with Crippen molar-refractivity contribution in [1.82, 2.24) is 5.43 Å². The topological polar surface area (TPSA) is 97.3 Å². The number of amides is 1. The lowest BCUT2D eigenvalue weighted by molar-refractivity contribution is -0.119. The molecule has 0 heterocycles. The van der Waals surface area contributed by atoms with Crippen LogP contribution in [0.2, 0.25) is 10.0 Å². The zero-order chi connectivity index (χ0) is 29.2. The Morgan fingerprint density at radius 2 is 1.59 bits per heavy atom. The van der Waals surface area contributed by atoms with Crippen molar-refractivity contribution in [3.05, 3.63) is 118 Å². The molecule has 0 saturated heterocycles. The maximum Gasteiger partial charge on any atom is 0.264 e. The van der Waals surface area contributed by atoms with Gasteiger partial charge < -0.3 is 9.47 Å². The number of nitrogens with zero attached hydrogens (tertiary/aromatic N) is 2. The molecular weight excluding hydrogens is 585 g/mol. The van der Waals surface area contributed by atoms with Gasteiger partial charge in [0.2, 0.25) is 0 Å². The second-order valence-corrected chi connectivity index (χ2v) is 11.3. The Morgan fingerprint density at radius 3 is 2.27 bits per heavy atom. The van der Waals surface area contributed by atoms with Gasteiger partial charge in [0.1, 0.15) is 13.2 Å². The van der Waals surface area contributed by atoms with E-state index in [4.69, 9.17) is 32.7 Å². The van der Waals surface area contributed by atoms with Crippen LogP contribution in [0.1, 0.15) is 18.1 Å². The van der Waals surface area contributed by atoms with Crippen molar-refractivity contribution >= 4 is 51.0 Å². The fourth-order valence-corrected chi connectivity index (χ4v) is 5.47. The van der Waals surface area contributed by atoms with Crippen molar-refractivity contribution in [3.8, 4) is 11.5 Å². The highest BCUT2D eigenvalue weighted by atomic mass is 35.5. The van der Waals surface area contributed by atoms with Crippen molar-refractivity contribution in [3.63, 3.8) is 0 Å². The Labute approximate surface area is 249 Å². The number of hydrazone groups is 1. The van der Waals surface area contributed by atoms with Crippen molar-refractivity contribution in [2.75, 3.05) is 17.5 Å². The highest BCUT2D eigenvalue weighted by molar-refractivity contribution is 7.92. The van der Waals surface area contributed by atoms with Gasteiger partial charge in [-0.15, -0.1) is 0 Å². The van der Waals surface area contributed by atoms with Gasteiger partial charge in [0.15, 0.2) is 11.5 Å². The fraction of sp³-hybridized carbons (Fsp3) is 0.133. The summed E-state index contributed by atoms with van der Waals surface area (Å²) in [6.45, 7) is 2.12. The molecule has 4 rings (SSSR count). The van der Waals surface area contributed by atoms with Gasteiger partial charge >= 0.3 is 0 Å². The summed E-state index contributed by atoms with van der Waals surface area (Å²) in [7, 11) is -4.11. The second kappa shape index (κ2) is 14.0. The first-order valence-corrected chi connectivity index (χ1v) is 14.8. The summed E-state index contributed by atoms with van der Waals surface area (Å²) in [6, 6.07) is 27.1. The molecule has 0 atom stereocenters. The summed E-state index contributed by atoms with van der Waals surface area (Å²) in [5.74, 6) is 0.429. The van der Waals surface area contributed by atoms with E-state index in [1.165, 1.54) is 36.5 Å². The zero-order valence-corrected chi connectivity index (χ0v) is 24.4. The van der Waals surface area contributed by atoms with Gasteiger partial charge in [-0.3, -0.25) is 9.10 Å². The molecule has 0 aromatic heterocycles. The number of sulfonamides is 1. The lowest BCUT2D eigenvalue weighted by Gasteiger charge is -2.24. The number of rotatable bonds is 12. The van der Waals surface area contributed by atoms with E-state index in [0.29, 0.717) is 30.3 Å². The predicted molar refractivity (Wildman–Crippen MR) is 162 cm³/mol. The van der Waals surface area contributed by atoms with Crippen LogP contribution in [0.25, 0.3) is 0 Å². The van der Waals surface area contributed by atoms with Crippen LogP contribution in [0.3, 0.4) is 0 Å². The van der Waals surface area contributed by atoms with Crippen LogP contribution in [0.5, 0.6) is 11.5 Å². The molecule has 4 aromatic carbocycles. The van der Waals surface area contributed by atoms with Crippen LogP contribution < -0.4 is 19.2 Å². The second-order valence-electron chi connectivity index (χ2n) is 8.63. The molecule has 0 unspecified atom stereocenters. The summed E-state index contributed by atoms with van der Waals surface area (Å²) in [6.07, 6.45) is 1.43. The largest absolute Gasteiger partial charge is 0.490 e. The Kier molecular flexibility index (Phi) is 10.2. The standard InChI is InChI=1S/C30H27Cl2N3O5S/c1-2-39-29-17-23(13-16-28(29)40-21-22-9-5-3-6-10-22)19-33-34-30(36)20-35(24-14-15-26(31)27(32)18-24)41(37,38)25-11-7-4-8-12-25/h3-19H,2,20-21H2,1H3,(H,34,36)/b33-19-. The summed E-state index contributed by atoms with van der Waals surface area (Å²) in [5.41, 5.74) is 4.22. The number of carbonyl (C=O) groups is 1. The maximum atomic E-state index is 13.4. The van der Waals surface area contributed by atoms with Crippen molar-refractivity contribution in [1.29, 1.82) is 0 Å². The van der Waals surface area contributed by atoms with E-state index in [-0.39, 0.29) is 20.6 Å². The van der Waals surface area contributed by atoms with Crippen LogP contribution >= 0.6 is 23.2 Å². The number of anilines is 1. The molecule has 0 aliphatic rings. The number of hydrogen-bond acceptors (Lipinski definition) is 6. The van der Waals surface area contributed by atoms with Crippen LogP contribution in [-0.4, -0.2) is 33.7 Å². The molecule has 1 amide bonds. The van der Waals surface area contributed by atoms with Gasteiger partial charge in [-0.2, -0.15) is 5.10 Å². The SMILES string of the molecule is CCOc1cc(/C=N\NC(=O)CN(c2ccc(Cl)c(Cl)c2)S(=O)(=O)c2ccccc2)ccc1OCc1ccccc1. The number of halogens is 2. The zero-order valence-electron chi connectivity index (χ0n) is 22.0. The third-order valence-electron chi connectivity index (χ3n) is 5.72.